The van der Waals surface area contributed by atoms with Gasteiger partial charge in [-0.1, -0.05) is 20.3 Å². The molecule has 0 aliphatic carbocycles. The van der Waals surface area contributed by atoms with E-state index in [-0.39, 0.29) is 0 Å². The lowest BCUT2D eigenvalue weighted by Gasteiger charge is -2.14. The van der Waals surface area contributed by atoms with Gasteiger partial charge in [0.05, 0.1) is 0 Å². The van der Waals surface area contributed by atoms with Gasteiger partial charge >= 0.3 is 0 Å². The number of nitrogens with zero attached hydrogens (tertiary/aromatic N) is 2. The van der Waals surface area contributed by atoms with Crippen LogP contribution in [0.4, 0.5) is 5.82 Å². The summed E-state index contributed by atoms with van der Waals surface area (Å²) in [6, 6.07) is 2.40. The molecule has 16 heavy (non-hydrogen) atoms. The maximum atomic E-state index is 4.49. The molecular weight excluding hydrogens is 266 g/mol. The van der Waals surface area contributed by atoms with Crippen LogP contribution in [-0.2, 0) is 6.42 Å². The zero-order valence-corrected chi connectivity index (χ0v) is 11.8. The van der Waals surface area contributed by atoms with Gasteiger partial charge in [0.25, 0.3) is 0 Å². The summed E-state index contributed by atoms with van der Waals surface area (Å²) in [6.07, 6.45) is 4.34. The van der Waals surface area contributed by atoms with Crippen LogP contribution in [0.1, 0.15) is 45.9 Å². The summed E-state index contributed by atoms with van der Waals surface area (Å²) < 4.78 is 0.858. The Labute approximate surface area is 106 Å². The van der Waals surface area contributed by atoms with E-state index in [1.165, 1.54) is 6.42 Å². The second-order valence-corrected chi connectivity index (χ2v) is 4.89. The average Bonchev–Trinajstić information content (AvgIpc) is 2.17. The first-order valence-electron chi connectivity index (χ1n) is 5.95. The molecule has 1 heterocycles. The highest BCUT2D eigenvalue weighted by molar-refractivity contribution is 9.10. The number of hydrogen-bond acceptors (Lipinski definition) is 3. The molecule has 0 amide bonds. The highest BCUT2D eigenvalue weighted by atomic mass is 79.9. The summed E-state index contributed by atoms with van der Waals surface area (Å²) in [7, 11) is 0. The highest BCUT2D eigenvalue weighted by Gasteiger charge is 2.05. The zero-order chi connectivity index (χ0) is 12.0. The van der Waals surface area contributed by atoms with E-state index in [1.807, 2.05) is 6.07 Å². The fraction of sp³-hybridized carbons (Fsp3) is 0.667. The molecule has 0 fully saturated rings. The van der Waals surface area contributed by atoms with Crippen LogP contribution in [0.15, 0.2) is 10.7 Å². The van der Waals surface area contributed by atoms with Crippen molar-refractivity contribution in [2.24, 2.45) is 0 Å². The standard InChI is InChI=1S/C12H20BrN3/c1-4-6-9(3)14-12-8-10(13)15-11(16-12)7-5-2/h8-9H,4-7H2,1-3H3,(H,14,15,16). The molecule has 1 unspecified atom stereocenters. The molecule has 0 bridgehead atoms. The lowest BCUT2D eigenvalue weighted by atomic mass is 10.2. The number of rotatable bonds is 6. The second kappa shape index (κ2) is 6.84. The van der Waals surface area contributed by atoms with Crippen molar-refractivity contribution in [2.75, 3.05) is 5.32 Å². The van der Waals surface area contributed by atoms with Gasteiger partial charge in [-0.15, -0.1) is 0 Å². The Balaban J connectivity index is 2.71. The van der Waals surface area contributed by atoms with Crippen LogP contribution in [0.3, 0.4) is 0 Å². The van der Waals surface area contributed by atoms with E-state index in [4.69, 9.17) is 0 Å². The monoisotopic (exact) mass is 285 g/mol. The Morgan fingerprint density at radius 1 is 1.31 bits per heavy atom. The molecule has 0 aliphatic heterocycles. The van der Waals surface area contributed by atoms with Crippen LogP contribution in [0.5, 0.6) is 0 Å². The van der Waals surface area contributed by atoms with Gasteiger partial charge in [0, 0.05) is 18.5 Å². The Morgan fingerprint density at radius 2 is 2.06 bits per heavy atom. The number of aromatic nitrogens is 2. The molecule has 1 N–H and O–H groups in total. The molecule has 0 spiro atoms. The van der Waals surface area contributed by atoms with E-state index in [9.17, 15) is 0 Å². The fourth-order valence-corrected chi connectivity index (χ4v) is 2.05. The number of nitrogens with one attached hydrogen (secondary N) is 1. The largest absolute Gasteiger partial charge is 0.367 e. The van der Waals surface area contributed by atoms with Crippen LogP contribution in [0.2, 0.25) is 0 Å². The summed E-state index contributed by atoms with van der Waals surface area (Å²) in [5, 5.41) is 3.40. The Kier molecular flexibility index (Phi) is 5.74. The quantitative estimate of drug-likeness (QED) is 0.808. The van der Waals surface area contributed by atoms with E-state index in [2.05, 4.69) is 52.0 Å². The zero-order valence-electron chi connectivity index (χ0n) is 10.3. The van der Waals surface area contributed by atoms with Crippen LogP contribution in [0.25, 0.3) is 0 Å². The third kappa shape index (κ3) is 4.47. The molecule has 0 aliphatic rings. The van der Waals surface area contributed by atoms with Gasteiger partial charge in [-0.3, -0.25) is 0 Å². The first-order valence-corrected chi connectivity index (χ1v) is 6.75. The van der Waals surface area contributed by atoms with Gasteiger partial charge in [-0.25, -0.2) is 9.97 Å². The van der Waals surface area contributed by atoms with Crippen molar-refractivity contribution in [3.05, 3.63) is 16.5 Å². The predicted molar refractivity (Wildman–Crippen MR) is 71.7 cm³/mol. The van der Waals surface area contributed by atoms with Crippen LogP contribution in [-0.4, -0.2) is 16.0 Å². The van der Waals surface area contributed by atoms with Crippen molar-refractivity contribution in [1.29, 1.82) is 0 Å². The van der Waals surface area contributed by atoms with Crippen molar-refractivity contribution >= 4 is 21.7 Å². The van der Waals surface area contributed by atoms with Crippen LogP contribution < -0.4 is 5.32 Å². The first-order chi connectivity index (χ1) is 7.65. The highest BCUT2D eigenvalue weighted by Crippen LogP contribution is 2.15. The minimum Gasteiger partial charge on any atom is -0.367 e. The Bertz CT molecular complexity index is 328. The number of aryl methyl sites for hydroxylation is 1. The molecule has 1 atom stereocenters. The van der Waals surface area contributed by atoms with E-state index in [0.29, 0.717) is 6.04 Å². The fourth-order valence-electron chi connectivity index (χ4n) is 1.63. The normalized spacial score (nSPS) is 12.5. The molecule has 1 aromatic rings. The molecule has 3 nitrogen and oxygen atoms in total. The molecule has 90 valence electrons. The molecular formula is C12H20BrN3. The molecule has 0 saturated carbocycles. The number of hydrogen-bond donors (Lipinski definition) is 1. The average molecular weight is 286 g/mol. The Hall–Kier alpha value is -0.640. The van der Waals surface area contributed by atoms with Crippen molar-refractivity contribution in [2.45, 2.75) is 52.5 Å². The number of halogens is 1. The van der Waals surface area contributed by atoms with Gasteiger partial charge in [0.2, 0.25) is 0 Å². The summed E-state index contributed by atoms with van der Waals surface area (Å²) in [5.41, 5.74) is 0. The van der Waals surface area contributed by atoms with Gasteiger partial charge < -0.3 is 5.32 Å². The maximum Gasteiger partial charge on any atom is 0.132 e. The van der Waals surface area contributed by atoms with Gasteiger partial charge in [0.1, 0.15) is 16.2 Å². The second-order valence-electron chi connectivity index (χ2n) is 4.08. The smallest absolute Gasteiger partial charge is 0.132 e. The van der Waals surface area contributed by atoms with E-state index < -0.39 is 0 Å². The number of anilines is 1. The molecule has 0 radical (unpaired) electrons. The molecule has 1 rings (SSSR count). The van der Waals surface area contributed by atoms with E-state index >= 15 is 0 Å². The van der Waals surface area contributed by atoms with Crippen molar-refractivity contribution in [3.63, 3.8) is 0 Å². The summed E-state index contributed by atoms with van der Waals surface area (Å²) in [4.78, 5) is 8.84. The first kappa shape index (κ1) is 13.4. The van der Waals surface area contributed by atoms with E-state index in [1.54, 1.807) is 0 Å². The maximum absolute atomic E-state index is 4.49. The van der Waals surface area contributed by atoms with Crippen molar-refractivity contribution in [1.82, 2.24) is 9.97 Å². The SMILES string of the molecule is CCCc1nc(Br)cc(NC(C)CCC)n1. The van der Waals surface area contributed by atoms with Crippen molar-refractivity contribution < 1.29 is 0 Å². The van der Waals surface area contributed by atoms with Crippen LogP contribution >= 0.6 is 15.9 Å². The lowest BCUT2D eigenvalue weighted by molar-refractivity contribution is 0.685. The summed E-state index contributed by atoms with van der Waals surface area (Å²) in [6.45, 7) is 6.51. The van der Waals surface area contributed by atoms with E-state index in [0.717, 1.165) is 35.5 Å². The lowest BCUT2D eigenvalue weighted by Crippen LogP contribution is -2.16. The Morgan fingerprint density at radius 3 is 2.69 bits per heavy atom. The summed E-state index contributed by atoms with van der Waals surface area (Å²) in [5.74, 6) is 1.83. The third-order valence-corrected chi connectivity index (χ3v) is 2.74. The van der Waals surface area contributed by atoms with Gasteiger partial charge in [-0.05, 0) is 35.7 Å². The van der Waals surface area contributed by atoms with Crippen LogP contribution in [0, 0.1) is 0 Å². The molecule has 1 aromatic heterocycles. The molecule has 4 heteroatoms. The minimum absolute atomic E-state index is 0.460. The van der Waals surface area contributed by atoms with Gasteiger partial charge in [0.15, 0.2) is 0 Å². The third-order valence-electron chi connectivity index (χ3n) is 2.33. The topological polar surface area (TPSA) is 37.8 Å². The summed E-state index contributed by atoms with van der Waals surface area (Å²) >= 11 is 3.42. The van der Waals surface area contributed by atoms with Gasteiger partial charge in [-0.2, -0.15) is 0 Å². The molecule has 0 aromatic carbocycles. The van der Waals surface area contributed by atoms with Crippen molar-refractivity contribution in [3.8, 4) is 0 Å². The minimum atomic E-state index is 0.460. The predicted octanol–water partition coefficient (Wildman–Crippen LogP) is 3.79. The molecule has 0 saturated heterocycles.